The standard InChI is InChI=1S/C20H15BrN2O2/c21-17-8-5-7-16(13-17)20(24)23-22-14-15-6-4-11-19(12-15)25-18-9-2-1-3-10-18/h1-14H,(H,23,24). The molecule has 0 aliphatic carbocycles. The smallest absolute Gasteiger partial charge is 0.271 e. The second-order valence-electron chi connectivity index (χ2n) is 5.20. The van der Waals surface area contributed by atoms with Crippen LogP contribution in [0.3, 0.4) is 0 Å². The molecule has 3 aromatic rings. The van der Waals surface area contributed by atoms with Gasteiger partial charge >= 0.3 is 0 Å². The van der Waals surface area contributed by atoms with E-state index in [2.05, 4.69) is 26.5 Å². The zero-order valence-corrected chi connectivity index (χ0v) is 14.8. The lowest BCUT2D eigenvalue weighted by molar-refractivity contribution is 0.0955. The lowest BCUT2D eigenvalue weighted by Crippen LogP contribution is -2.17. The Hall–Kier alpha value is -2.92. The van der Waals surface area contributed by atoms with Crippen molar-refractivity contribution in [1.82, 2.24) is 5.43 Å². The van der Waals surface area contributed by atoms with E-state index in [0.29, 0.717) is 11.3 Å². The second kappa shape index (κ2) is 8.26. The van der Waals surface area contributed by atoms with Crippen LogP contribution in [0.1, 0.15) is 15.9 Å². The molecule has 0 saturated heterocycles. The first-order chi connectivity index (χ1) is 12.2. The van der Waals surface area contributed by atoms with Gasteiger partial charge in [-0.25, -0.2) is 5.43 Å². The summed E-state index contributed by atoms with van der Waals surface area (Å²) in [7, 11) is 0. The number of hydrogen-bond acceptors (Lipinski definition) is 3. The van der Waals surface area contributed by atoms with Gasteiger partial charge in [-0.05, 0) is 48.0 Å². The molecule has 0 saturated carbocycles. The number of nitrogens with zero attached hydrogens (tertiary/aromatic N) is 1. The average molecular weight is 395 g/mol. The average Bonchev–Trinajstić information content (AvgIpc) is 2.63. The highest BCUT2D eigenvalue weighted by atomic mass is 79.9. The van der Waals surface area contributed by atoms with Gasteiger partial charge in [-0.1, -0.05) is 52.3 Å². The molecule has 0 aromatic heterocycles. The van der Waals surface area contributed by atoms with E-state index in [1.165, 1.54) is 0 Å². The SMILES string of the molecule is O=C(NN=Cc1cccc(Oc2ccccc2)c1)c1cccc(Br)c1. The molecule has 3 aromatic carbocycles. The minimum Gasteiger partial charge on any atom is -0.457 e. The van der Waals surface area contributed by atoms with Crippen molar-refractivity contribution in [3.63, 3.8) is 0 Å². The van der Waals surface area contributed by atoms with Crippen molar-refractivity contribution in [2.75, 3.05) is 0 Å². The fourth-order valence-electron chi connectivity index (χ4n) is 2.14. The number of rotatable bonds is 5. The van der Waals surface area contributed by atoms with E-state index in [4.69, 9.17) is 4.74 Å². The molecule has 0 heterocycles. The molecule has 3 rings (SSSR count). The highest BCUT2D eigenvalue weighted by molar-refractivity contribution is 9.10. The van der Waals surface area contributed by atoms with Gasteiger partial charge < -0.3 is 4.74 Å². The quantitative estimate of drug-likeness (QED) is 0.488. The molecule has 1 N–H and O–H groups in total. The number of hydrogen-bond donors (Lipinski definition) is 1. The van der Waals surface area contributed by atoms with Crippen molar-refractivity contribution in [1.29, 1.82) is 0 Å². The van der Waals surface area contributed by atoms with E-state index in [1.54, 1.807) is 24.4 Å². The predicted molar refractivity (Wildman–Crippen MR) is 102 cm³/mol. The minimum atomic E-state index is -0.269. The van der Waals surface area contributed by atoms with Gasteiger partial charge in [0.05, 0.1) is 6.21 Å². The molecule has 124 valence electrons. The normalized spacial score (nSPS) is 10.6. The van der Waals surface area contributed by atoms with Gasteiger partial charge in [0.1, 0.15) is 11.5 Å². The van der Waals surface area contributed by atoms with Gasteiger partial charge in [-0.2, -0.15) is 5.10 Å². The Morgan fingerprint density at radius 3 is 2.48 bits per heavy atom. The van der Waals surface area contributed by atoms with Crippen molar-refractivity contribution >= 4 is 28.1 Å². The molecule has 0 unspecified atom stereocenters. The van der Waals surface area contributed by atoms with Gasteiger partial charge in [-0.15, -0.1) is 0 Å². The Kier molecular flexibility index (Phi) is 5.59. The van der Waals surface area contributed by atoms with E-state index >= 15 is 0 Å². The van der Waals surface area contributed by atoms with Crippen LogP contribution in [-0.4, -0.2) is 12.1 Å². The summed E-state index contributed by atoms with van der Waals surface area (Å²) in [5.41, 5.74) is 3.87. The molecule has 4 nitrogen and oxygen atoms in total. The number of carbonyl (C=O) groups excluding carboxylic acids is 1. The third kappa shape index (κ3) is 5.02. The Balaban J connectivity index is 1.63. The molecule has 0 fully saturated rings. The number of halogens is 1. The number of para-hydroxylation sites is 1. The molecule has 25 heavy (non-hydrogen) atoms. The minimum absolute atomic E-state index is 0.269. The van der Waals surface area contributed by atoms with Crippen LogP contribution in [-0.2, 0) is 0 Å². The van der Waals surface area contributed by atoms with E-state index in [0.717, 1.165) is 15.8 Å². The zero-order chi connectivity index (χ0) is 17.5. The van der Waals surface area contributed by atoms with Gasteiger partial charge in [0, 0.05) is 10.0 Å². The lowest BCUT2D eigenvalue weighted by Gasteiger charge is -2.05. The van der Waals surface area contributed by atoms with Gasteiger partial charge in [0.2, 0.25) is 0 Å². The number of ether oxygens (including phenoxy) is 1. The number of carbonyl (C=O) groups is 1. The monoisotopic (exact) mass is 394 g/mol. The highest BCUT2D eigenvalue weighted by Crippen LogP contribution is 2.21. The first-order valence-electron chi connectivity index (χ1n) is 7.63. The van der Waals surface area contributed by atoms with E-state index in [9.17, 15) is 4.79 Å². The van der Waals surface area contributed by atoms with Gasteiger partial charge in [0.25, 0.3) is 5.91 Å². The van der Waals surface area contributed by atoms with E-state index < -0.39 is 0 Å². The third-order valence-corrected chi connectivity index (χ3v) is 3.80. The van der Waals surface area contributed by atoms with Crippen molar-refractivity contribution in [2.45, 2.75) is 0 Å². The summed E-state index contributed by atoms with van der Waals surface area (Å²) >= 11 is 3.34. The van der Waals surface area contributed by atoms with Gasteiger partial charge in [0.15, 0.2) is 0 Å². The van der Waals surface area contributed by atoms with Crippen LogP contribution >= 0.6 is 15.9 Å². The van der Waals surface area contributed by atoms with Crippen LogP contribution in [0.4, 0.5) is 0 Å². The van der Waals surface area contributed by atoms with Crippen molar-refractivity contribution in [3.05, 3.63) is 94.5 Å². The maximum atomic E-state index is 12.0. The van der Waals surface area contributed by atoms with E-state index in [-0.39, 0.29) is 5.91 Å². The number of hydrazone groups is 1. The molecular formula is C20H15BrN2O2. The molecule has 5 heteroatoms. The Morgan fingerprint density at radius 2 is 1.68 bits per heavy atom. The molecule has 0 atom stereocenters. The topological polar surface area (TPSA) is 50.7 Å². The highest BCUT2D eigenvalue weighted by Gasteiger charge is 2.04. The summed E-state index contributed by atoms with van der Waals surface area (Å²) in [4.78, 5) is 12.0. The fourth-order valence-corrected chi connectivity index (χ4v) is 2.54. The number of nitrogens with one attached hydrogen (secondary N) is 1. The first-order valence-corrected chi connectivity index (χ1v) is 8.42. The van der Waals surface area contributed by atoms with Crippen molar-refractivity contribution < 1.29 is 9.53 Å². The molecule has 0 radical (unpaired) electrons. The summed E-state index contributed by atoms with van der Waals surface area (Å²) in [5.74, 6) is 1.20. The Bertz CT molecular complexity index is 895. The van der Waals surface area contributed by atoms with Crippen molar-refractivity contribution in [3.8, 4) is 11.5 Å². The van der Waals surface area contributed by atoms with Crippen molar-refractivity contribution in [2.24, 2.45) is 5.10 Å². The summed E-state index contributed by atoms with van der Waals surface area (Å²) in [6.45, 7) is 0. The maximum absolute atomic E-state index is 12.0. The molecule has 0 aliphatic heterocycles. The predicted octanol–water partition coefficient (Wildman–Crippen LogP) is 5.01. The molecule has 1 amide bonds. The fraction of sp³-hybridized carbons (Fsp3) is 0. The summed E-state index contributed by atoms with van der Waals surface area (Å²) in [5, 5.41) is 4.00. The van der Waals surface area contributed by atoms with Crippen LogP contribution in [0.2, 0.25) is 0 Å². The Morgan fingerprint density at radius 1 is 0.920 bits per heavy atom. The Labute approximate surface area is 154 Å². The first kappa shape index (κ1) is 16.9. The van der Waals surface area contributed by atoms with Crippen LogP contribution in [0.25, 0.3) is 0 Å². The number of amides is 1. The number of benzene rings is 3. The summed E-state index contributed by atoms with van der Waals surface area (Å²) < 4.78 is 6.62. The largest absolute Gasteiger partial charge is 0.457 e. The van der Waals surface area contributed by atoms with E-state index in [1.807, 2.05) is 60.7 Å². The summed E-state index contributed by atoms with van der Waals surface area (Å²) in [6.07, 6.45) is 1.58. The molecule has 0 spiro atoms. The lowest BCUT2D eigenvalue weighted by atomic mass is 10.2. The van der Waals surface area contributed by atoms with Gasteiger partial charge in [-0.3, -0.25) is 4.79 Å². The maximum Gasteiger partial charge on any atom is 0.271 e. The zero-order valence-electron chi connectivity index (χ0n) is 13.2. The van der Waals surface area contributed by atoms with Crippen LogP contribution in [0.5, 0.6) is 11.5 Å². The summed E-state index contributed by atoms with van der Waals surface area (Å²) in [6, 6.07) is 24.1. The molecule has 0 bridgehead atoms. The molecule has 0 aliphatic rings. The second-order valence-corrected chi connectivity index (χ2v) is 6.11. The van der Waals surface area contributed by atoms with Crippen LogP contribution in [0, 0.1) is 0 Å². The van der Waals surface area contributed by atoms with Crippen LogP contribution in [0.15, 0.2) is 88.4 Å². The third-order valence-electron chi connectivity index (χ3n) is 3.30. The van der Waals surface area contributed by atoms with Crippen LogP contribution < -0.4 is 10.2 Å². The molecular weight excluding hydrogens is 380 g/mol.